The van der Waals surface area contributed by atoms with E-state index in [0.29, 0.717) is 6.42 Å². The highest BCUT2D eigenvalue weighted by molar-refractivity contribution is 7.91. The Balaban J connectivity index is 2.50. The maximum atomic E-state index is 12.8. The fourth-order valence-corrected chi connectivity index (χ4v) is 2.20. The topological polar surface area (TPSA) is 46.2 Å². The number of rotatable bonds is 6. The van der Waals surface area contributed by atoms with Gasteiger partial charge in [-0.3, -0.25) is 0 Å². The van der Waals surface area contributed by atoms with Crippen LogP contribution in [0.25, 0.3) is 0 Å². The van der Waals surface area contributed by atoms with Gasteiger partial charge in [0.05, 0.1) is 5.75 Å². The second kappa shape index (κ2) is 6.08. The van der Waals surface area contributed by atoms with Crippen molar-refractivity contribution >= 4 is 15.5 Å². The van der Waals surface area contributed by atoms with Gasteiger partial charge in [-0.1, -0.05) is 6.92 Å². The normalized spacial score (nSPS) is 11.6. The molecule has 1 rings (SSSR count). The molecule has 1 N–H and O–H groups in total. The lowest BCUT2D eigenvalue weighted by molar-refractivity contribution is 0.447. The molecule has 0 amide bonds. The highest BCUT2D eigenvalue weighted by Gasteiger charge is 2.10. The first-order chi connectivity index (χ1) is 8.35. The molecule has 0 fully saturated rings. The standard InChI is InChI=1S/C11H14F3NO2S/c1-2-18(16,17)5-3-4-15-8-6-9(12)11(14)10(13)7-8/h6-7,15H,2-5H2,1H3. The molecule has 7 heteroatoms. The van der Waals surface area contributed by atoms with Gasteiger partial charge in [-0.15, -0.1) is 0 Å². The van der Waals surface area contributed by atoms with Crippen molar-refractivity contribution in [3.05, 3.63) is 29.6 Å². The Hall–Kier alpha value is -1.24. The van der Waals surface area contributed by atoms with E-state index < -0.39 is 27.3 Å². The van der Waals surface area contributed by atoms with Crippen molar-refractivity contribution < 1.29 is 21.6 Å². The van der Waals surface area contributed by atoms with Crippen molar-refractivity contribution in [2.45, 2.75) is 13.3 Å². The average molecular weight is 281 g/mol. The molecule has 0 radical (unpaired) electrons. The predicted octanol–water partition coefficient (Wildman–Crippen LogP) is 2.34. The molecule has 1 aromatic rings. The van der Waals surface area contributed by atoms with Gasteiger partial charge in [0.1, 0.15) is 9.84 Å². The Kier molecular flexibility index (Phi) is 5.01. The van der Waals surface area contributed by atoms with Crippen molar-refractivity contribution in [3.8, 4) is 0 Å². The minimum absolute atomic E-state index is 0.00264. The summed E-state index contributed by atoms with van der Waals surface area (Å²) in [7, 11) is -3.05. The summed E-state index contributed by atoms with van der Waals surface area (Å²) in [5.74, 6) is -4.01. The van der Waals surface area contributed by atoms with Crippen LogP contribution < -0.4 is 5.32 Å². The quantitative estimate of drug-likeness (QED) is 0.643. The molecule has 0 spiro atoms. The van der Waals surface area contributed by atoms with Gasteiger partial charge in [-0.2, -0.15) is 0 Å². The predicted molar refractivity (Wildman–Crippen MR) is 63.8 cm³/mol. The summed E-state index contributed by atoms with van der Waals surface area (Å²) in [6.07, 6.45) is 0.316. The molecule has 0 aliphatic rings. The maximum absolute atomic E-state index is 12.8. The molecule has 0 heterocycles. The molecule has 18 heavy (non-hydrogen) atoms. The van der Waals surface area contributed by atoms with Crippen LogP contribution in [0.15, 0.2) is 12.1 Å². The summed E-state index contributed by atoms with van der Waals surface area (Å²) >= 11 is 0. The first-order valence-electron chi connectivity index (χ1n) is 5.44. The molecule has 0 aliphatic heterocycles. The van der Waals surface area contributed by atoms with E-state index in [1.54, 1.807) is 6.92 Å². The number of benzene rings is 1. The van der Waals surface area contributed by atoms with Crippen molar-refractivity contribution in [2.75, 3.05) is 23.4 Å². The van der Waals surface area contributed by atoms with Crippen LogP contribution >= 0.6 is 0 Å². The molecule has 0 saturated heterocycles. The lowest BCUT2D eigenvalue weighted by Crippen LogP contribution is -2.13. The molecular formula is C11H14F3NO2S. The van der Waals surface area contributed by atoms with Gasteiger partial charge in [0, 0.05) is 30.1 Å². The van der Waals surface area contributed by atoms with Crippen molar-refractivity contribution in [2.24, 2.45) is 0 Å². The van der Waals surface area contributed by atoms with Gasteiger partial charge in [0.2, 0.25) is 0 Å². The van der Waals surface area contributed by atoms with Gasteiger partial charge < -0.3 is 5.32 Å². The molecule has 0 unspecified atom stereocenters. The molecule has 0 atom stereocenters. The van der Waals surface area contributed by atoms with Crippen LogP contribution in [0.1, 0.15) is 13.3 Å². The van der Waals surface area contributed by atoms with Gasteiger partial charge in [-0.25, -0.2) is 21.6 Å². The maximum Gasteiger partial charge on any atom is 0.194 e. The van der Waals surface area contributed by atoms with E-state index in [0.717, 1.165) is 12.1 Å². The first kappa shape index (κ1) is 14.8. The number of sulfone groups is 1. The minimum atomic E-state index is -3.05. The summed E-state index contributed by atoms with van der Waals surface area (Å²) in [5.41, 5.74) is 0.0836. The Morgan fingerprint density at radius 1 is 1.17 bits per heavy atom. The number of anilines is 1. The smallest absolute Gasteiger partial charge is 0.194 e. The van der Waals surface area contributed by atoms with E-state index in [4.69, 9.17) is 0 Å². The molecule has 102 valence electrons. The monoisotopic (exact) mass is 281 g/mol. The third-order valence-corrected chi connectivity index (χ3v) is 4.18. The Labute approximate surface area is 104 Å². The van der Waals surface area contributed by atoms with Crippen LogP contribution in [-0.4, -0.2) is 26.5 Å². The summed E-state index contributed by atoms with van der Waals surface area (Å²) in [6.45, 7) is 1.79. The van der Waals surface area contributed by atoms with Crippen LogP contribution in [0.5, 0.6) is 0 Å². The van der Waals surface area contributed by atoms with E-state index in [-0.39, 0.29) is 23.7 Å². The van der Waals surface area contributed by atoms with Crippen LogP contribution in [0.2, 0.25) is 0 Å². The zero-order valence-corrected chi connectivity index (χ0v) is 10.7. The lowest BCUT2D eigenvalue weighted by Gasteiger charge is -2.07. The summed E-state index contributed by atoms with van der Waals surface area (Å²) in [5, 5.41) is 2.64. The molecule has 0 bridgehead atoms. The molecule has 0 aromatic heterocycles. The number of halogens is 3. The van der Waals surface area contributed by atoms with Crippen LogP contribution in [0.3, 0.4) is 0 Å². The zero-order chi connectivity index (χ0) is 13.8. The Bertz CT molecular complexity index is 494. The van der Waals surface area contributed by atoms with Crippen LogP contribution in [0.4, 0.5) is 18.9 Å². The van der Waals surface area contributed by atoms with Gasteiger partial charge in [0.15, 0.2) is 17.5 Å². The van der Waals surface area contributed by atoms with E-state index in [9.17, 15) is 21.6 Å². The summed E-state index contributed by atoms with van der Waals surface area (Å²) in [6, 6.07) is 1.65. The van der Waals surface area contributed by atoms with Gasteiger partial charge in [0.25, 0.3) is 0 Å². The molecular weight excluding hydrogens is 267 g/mol. The first-order valence-corrected chi connectivity index (χ1v) is 7.26. The highest BCUT2D eigenvalue weighted by Crippen LogP contribution is 2.17. The number of hydrogen-bond donors (Lipinski definition) is 1. The molecule has 0 aliphatic carbocycles. The highest BCUT2D eigenvalue weighted by atomic mass is 32.2. The average Bonchev–Trinajstić information content (AvgIpc) is 2.31. The summed E-state index contributed by atoms with van der Waals surface area (Å²) in [4.78, 5) is 0. The second-order valence-electron chi connectivity index (χ2n) is 3.77. The van der Waals surface area contributed by atoms with E-state index in [2.05, 4.69) is 5.32 Å². The van der Waals surface area contributed by atoms with Crippen molar-refractivity contribution in [3.63, 3.8) is 0 Å². The number of nitrogens with one attached hydrogen (secondary N) is 1. The fourth-order valence-electron chi connectivity index (χ4n) is 1.33. The fraction of sp³-hybridized carbons (Fsp3) is 0.455. The third-order valence-electron chi connectivity index (χ3n) is 2.38. The largest absolute Gasteiger partial charge is 0.385 e. The third kappa shape index (κ3) is 4.21. The lowest BCUT2D eigenvalue weighted by atomic mass is 10.3. The zero-order valence-electron chi connectivity index (χ0n) is 9.84. The Morgan fingerprint density at radius 2 is 1.72 bits per heavy atom. The van der Waals surface area contributed by atoms with Crippen molar-refractivity contribution in [1.29, 1.82) is 0 Å². The van der Waals surface area contributed by atoms with Crippen LogP contribution in [-0.2, 0) is 9.84 Å². The van der Waals surface area contributed by atoms with Gasteiger partial charge in [-0.05, 0) is 6.42 Å². The minimum Gasteiger partial charge on any atom is -0.385 e. The van der Waals surface area contributed by atoms with Crippen molar-refractivity contribution in [1.82, 2.24) is 0 Å². The summed E-state index contributed by atoms with van der Waals surface area (Å²) < 4.78 is 60.7. The SMILES string of the molecule is CCS(=O)(=O)CCCNc1cc(F)c(F)c(F)c1. The van der Waals surface area contributed by atoms with E-state index in [1.165, 1.54) is 0 Å². The molecule has 0 saturated carbocycles. The van der Waals surface area contributed by atoms with E-state index in [1.807, 2.05) is 0 Å². The number of hydrogen-bond acceptors (Lipinski definition) is 3. The van der Waals surface area contributed by atoms with E-state index >= 15 is 0 Å². The molecule has 3 nitrogen and oxygen atoms in total. The van der Waals surface area contributed by atoms with Crippen LogP contribution in [0, 0.1) is 17.5 Å². The molecule has 1 aromatic carbocycles. The van der Waals surface area contributed by atoms with Gasteiger partial charge >= 0.3 is 0 Å². The second-order valence-corrected chi connectivity index (χ2v) is 6.24. The Morgan fingerprint density at radius 3 is 2.22 bits per heavy atom.